The molecule has 0 aliphatic heterocycles. The van der Waals surface area contributed by atoms with Crippen molar-refractivity contribution < 1.29 is 4.79 Å². The van der Waals surface area contributed by atoms with Gasteiger partial charge in [-0.1, -0.05) is 6.07 Å². The van der Waals surface area contributed by atoms with Gasteiger partial charge in [-0.05, 0) is 31.6 Å². The molecule has 1 rings (SSSR count). The third kappa shape index (κ3) is 5.25. The van der Waals surface area contributed by atoms with E-state index in [0.29, 0.717) is 13.1 Å². The van der Waals surface area contributed by atoms with Crippen molar-refractivity contribution in [2.45, 2.75) is 13.0 Å². The van der Waals surface area contributed by atoms with Crippen molar-refractivity contribution in [3.63, 3.8) is 0 Å². The van der Waals surface area contributed by atoms with Gasteiger partial charge in [0.2, 0.25) is 5.91 Å². The number of nitrogens with zero attached hydrogens (tertiary/aromatic N) is 3. The van der Waals surface area contributed by atoms with Gasteiger partial charge in [0.15, 0.2) is 0 Å². The summed E-state index contributed by atoms with van der Waals surface area (Å²) >= 11 is 0. The average molecular weight is 250 g/mol. The fraction of sp³-hybridized carbons (Fsp3) is 0.538. The Balaban J connectivity index is 2.35. The molecule has 1 amide bonds. The minimum atomic E-state index is 0.120. The Morgan fingerprint density at radius 3 is 2.83 bits per heavy atom. The van der Waals surface area contributed by atoms with Crippen molar-refractivity contribution >= 4 is 5.91 Å². The first-order chi connectivity index (χ1) is 8.63. The van der Waals surface area contributed by atoms with E-state index in [1.54, 1.807) is 11.1 Å². The van der Waals surface area contributed by atoms with E-state index in [1.165, 1.54) is 0 Å². The lowest BCUT2D eigenvalue weighted by atomic mass is 10.2. The summed E-state index contributed by atoms with van der Waals surface area (Å²) in [7, 11) is 3.75. The molecule has 0 aromatic carbocycles. The lowest BCUT2D eigenvalue weighted by Crippen LogP contribution is -2.37. The summed E-state index contributed by atoms with van der Waals surface area (Å²) in [6.45, 7) is 2.47. The summed E-state index contributed by atoms with van der Waals surface area (Å²) in [6, 6.07) is 3.91. The second kappa shape index (κ2) is 7.79. The van der Waals surface area contributed by atoms with Crippen LogP contribution >= 0.6 is 0 Å². The molecule has 5 heteroatoms. The van der Waals surface area contributed by atoms with Gasteiger partial charge in [-0.25, -0.2) is 0 Å². The zero-order valence-electron chi connectivity index (χ0n) is 11.2. The van der Waals surface area contributed by atoms with Gasteiger partial charge in [-0.3, -0.25) is 14.7 Å². The van der Waals surface area contributed by atoms with Crippen molar-refractivity contribution in [3.05, 3.63) is 30.1 Å². The van der Waals surface area contributed by atoms with E-state index in [-0.39, 0.29) is 5.91 Å². The fourth-order valence-corrected chi connectivity index (χ4v) is 1.66. The maximum absolute atomic E-state index is 11.9. The Hall–Kier alpha value is -1.46. The quantitative estimate of drug-likeness (QED) is 0.757. The number of amides is 1. The molecular formula is C13H22N4O. The molecule has 1 heterocycles. The summed E-state index contributed by atoms with van der Waals surface area (Å²) in [5.74, 6) is 0.120. The van der Waals surface area contributed by atoms with E-state index in [4.69, 9.17) is 5.73 Å². The predicted octanol–water partition coefficient (Wildman–Crippen LogP) is 0.321. The Labute approximate surface area is 109 Å². The van der Waals surface area contributed by atoms with Gasteiger partial charge in [-0.15, -0.1) is 0 Å². The van der Waals surface area contributed by atoms with E-state index in [1.807, 2.05) is 37.3 Å². The van der Waals surface area contributed by atoms with Gasteiger partial charge in [0.25, 0.3) is 0 Å². The standard InChI is InChI=1S/C13H22N4O/c1-16(10-12-5-3-7-15-9-12)11-13(18)17(2)8-4-6-14/h3,5,7,9H,4,6,8,10-11,14H2,1-2H3. The molecule has 0 unspecified atom stereocenters. The van der Waals surface area contributed by atoms with Crippen LogP contribution < -0.4 is 5.73 Å². The summed E-state index contributed by atoms with van der Waals surface area (Å²) < 4.78 is 0. The van der Waals surface area contributed by atoms with Gasteiger partial charge >= 0.3 is 0 Å². The first kappa shape index (κ1) is 14.6. The highest BCUT2D eigenvalue weighted by molar-refractivity contribution is 5.77. The Morgan fingerprint density at radius 1 is 1.44 bits per heavy atom. The molecule has 0 radical (unpaired) electrons. The lowest BCUT2D eigenvalue weighted by Gasteiger charge is -2.21. The Bertz CT molecular complexity index is 355. The van der Waals surface area contributed by atoms with Crippen LogP contribution in [0.15, 0.2) is 24.5 Å². The molecule has 0 aliphatic carbocycles. The first-order valence-corrected chi connectivity index (χ1v) is 6.15. The molecule has 100 valence electrons. The molecule has 1 aromatic rings. The van der Waals surface area contributed by atoms with Crippen LogP contribution in [-0.2, 0) is 11.3 Å². The van der Waals surface area contributed by atoms with Crippen LogP contribution in [0.3, 0.4) is 0 Å². The van der Waals surface area contributed by atoms with Gasteiger partial charge in [0.1, 0.15) is 0 Å². The molecule has 0 aliphatic rings. The summed E-state index contributed by atoms with van der Waals surface area (Å²) in [5.41, 5.74) is 6.53. The number of likely N-dealkylation sites (N-methyl/N-ethyl adjacent to an activating group) is 2. The predicted molar refractivity (Wildman–Crippen MR) is 71.9 cm³/mol. The van der Waals surface area contributed by atoms with Crippen LogP contribution in [0.5, 0.6) is 0 Å². The minimum Gasteiger partial charge on any atom is -0.345 e. The molecule has 0 saturated heterocycles. The maximum atomic E-state index is 11.9. The number of nitrogens with two attached hydrogens (primary N) is 1. The van der Waals surface area contributed by atoms with Crippen LogP contribution in [0.4, 0.5) is 0 Å². The number of rotatable bonds is 7. The molecule has 2 N–H and O–H groups in total. The van der Waals surface area contributed by atoms with Crippen molar-refractivity contribution in [1.82, 2.24) is 14.8 Å². The summed E-state index contributed by atoms with van der Waals surface area (Å²) in [6.07, 6.45) is 4.41. The third-order valence-corrected chi connectivity index (χ3v) is 2.70. The van der Waals surface area contributed by atoms with Crippen molar-refractivity contribution in [2.24, 2.45) is 5.73 Å². The van der Waals surface area contributed by atoms with Gasteiger partial charge < -0.3 is 10.6 Å². The van der Waals surface area contributed by atoms with Crippen LogP contribution in [0.25, 0.3) is 0 Å². The number of pyridine rings is 1. The average Bonchev–Trinajstić information content (AvgIpc) is 2.36. The van der Waals surface area contributed by atoms with Crippen LogP contribution in [0, 0.1) is 0 Å². The third-order valence-electron chi connectivity index (χ3n) is 2.70. The smallest absolute Gasteiger partial charge is 0.236 e. The van der Waals surface area contributed by atoms with E-state index in [9.17, 15) is 4.79 Å². The normalized spacial score (nSPS) is 10.7. The molecule has 0 atom stereocenters. The van der Waals surface area contributed by atoms with E-state index < -0.39 is 0 Å². The highest BCUT2D eigenvalue weighted by Crippen LogP contribution is 2.01. The second-order valence-corrected chi connectivity index (χ2v) is 4.49. The van der Waals surface area contributed by atoms with Crippen LogP contribution in [0.2, 0.25) is 0 Å². The summed E-state index contributed by atoms with van der Waals surface area (Å²) in [4.78, 5) is 19.6. The van der Waals surface area contributed by atoms with Crippen molar-refractivity contribution in [2.75, 3.05) is 33.7 Å². The monoisotopic (exact) mass is 250 g/mol. The zero-order chi connectivity index (χ0) is 13.4. The highest BCUT2D eigenvalue weighted by Gasteiger charge is 2.11. The molecule has 1 aromatic heterocycles. The molecule has 0 saturated carbocycles. The molecule has 18 heavy (non-hydrogen) atoms. The number of carbonyl (C=O) groups excluding carboxylic acids is 1. The zero-order valence-corrected chi connectivity index (χ0v) is 11.2. The van der Waals surface area contributed by atoms with Gasteiger partial charge in [0.05, 0.1) is 6.54 Å². The Morgan fingerprint density at radius 2 is 2.22 bits per heavy atom. The molecular weight excluding hydrogens is 228 g/mol. The van der Waals surface area contributed by atoms with Crippen LogP contribution in [-0.4, -0.2) is 54.4 Å². The van der Waals surface area contributed by atoms with Crippen molar-refractivity contribution in [1.29, 1.82) is 0 Å². The second-order valence-electron chi connectivity index (χ2n) is 4.49. The van der Waals surface area contributed by atoms with Crippen molar-refractivity contribution in [3.8, 4) is 0 Å². The minimum absolute atomic E-state index is 0.120. The molecule has 0 spiro atoms. The molecule has 0 fully saturated rings. The Kier molecular flexibility index (Phi) is 6.32. The molecule has 0 bridgehead atoms. The number of hydrogen-bond donors (Lipinski definition) is 1. The highest BCUT2D eigenvalue weighted by atomic mass is 16.2. The molecule has 5 nitrogen and oxygen atoms in total. The lowest BCUT2D eigenvalue weighted by molar-refractivity contribution is -0.130. The fourth-order valence-electron chi connectivity index (χ4n) is 1.66. The van der Waals surface area contributed by atoms with Crippen LogP contribution in [0.1, 0.15) is 12.0 Å². The van der Waals surface area contributed by atoms with Gasteiger partial charge in [-0.2, -0.15) is 0 Å². The largest absolute Gasteiger partial charge is 0.345 e. The topological polar surface area (TPSA) is 62.5 Å². The maximum Gasteiger partial charge on any atom is 0.236 e. The summed E-state index contributed by atoms with van der Waals surface area (Å²) in [5, 5.41) is 0. The SMILES string of the molecule is CN(CC(=O)N(C)CCCN)Cc1cccnc1. The first-order valence-electron chi connectivity index (χ1n) is 6.15. The van der Waals surface area contributed by atoms with Gasteiger partial charge in [0, 0.05) is 32.5 Å². The number of carbonyl (C=O) groups is 1. The number of hydrogen-bond acceptors (Lipinski definition) is 4. The van der Waals surface area contributed by atoms with E-state index >= 15 is 0 Å². The van der Waals surface area contributed by atoms with E-state index in [0.717, 1.165) is 25.1 Å². The van der Waals surface area contributed by atoms with E-state index in [2.05, 4.69) is 4.98 Å². The number of aromatic nitrogens is 1.